The molecule has 3 rings (SSSR count). The molecular formula is C27H28Cl3N3O5S. The monoisotopic (exact) mass is 611 g/mol. The van der Waals surface area contributed by atoms with Gasteiger partial charge in [0.05, 0.1) is 27.2 Å². The van der Waals surface area contributed by atoms with Crippen LogP contribution in [0.5, 0.6) is 5.75 Å². The van der Waals surface area contributed by atoms with E-state index in [0.29, 0.717) is 15.6 Å². The Balaban J connectivity index is 2.09. The van der Waals surface area contributed by atoms with Gasteiger partial charge in [0.15, 0.2) is 0 Å². The Morgan fingerprint density at radius 3 is 2.26 bits per heavy atom. The summed E-state index contributed by atoms with van der Waals surface area (Å²) in [6, 6.07) is 16.1. The van der Waals surface area contributed by atoms with E-state index in [1.54, 1.807) is 56.3 Å². The number of nitrogens with zero attached hydrogens (tertiary/aromatic N) is 2. The maximum atomic E-state index is 13.9. The zero-order chi connectivity index (χ0) is 28.7. The molecule has 0 unspecified atom stereocenters. The number of halogens is 3. The highest BCUT2D eigenvalue weighted by molar-refractivity contribution is 7.92. The third kappa shape index (κ3) is 7.36. The second kappa shape index (κ2) is 13.4. The fourth-order valence-corrected chi connectivity index (χ4v) is 5.69. The van der Waals surface area contributed by atoms with Crippen molar-refractivity contribution in [3.05, 3.63) is 87.4 Å². The second-order valence-corrected chi connectivity index (χ2v) is 11.5. The number of carbonyl (C=O) groups is 2. The van der Waals surface area contributed by atoms with E-state index >= 15 is 0 Å². The number of sulfonamides is 1. The molecule has 0 spiro atoms. The van der Waals surface area contributed by atoms with Gasteiger partial charge in [0, 0.05) is 18.6 Å². The molecule has 208 valence electrons. The molecule has 0 heterocycles. The number of rotatable bonds is 11. The van der Waals surface area contributed by atoms with Crippen molar-refractivity contribution in [2.75, 3.05) is 24.5 Å². The first-order chi connectivity index (χ1) is 18.5. The first-order valence-electron chi connectivity index (χ1n) is 11.9. The van der Waals surface area contributed by atoms with E-state index in [9.17, 15) is 18.0 Å². The zero-order valence-corrected chi connectivity index (χ0v) is 24.6. The van der Waals surface area contributed by atoms with Crippen LogP contribution in [-0.4, -0.2) is 51.4 Å². The largest absolute Gasteiger partial charge is 0.492 e. The molecule has 0 aromatic heterocycles. The summed E-state index contributed by atoms with van der Waals surface area (Å²) >= 11 is 18.2. The third-order valence-corrected chi connectivity index (χ3v) is 8.63. The minimum absolute atomic E-state index is 0.0216. The van der Waals surface area contributed by atoms with Crippen LogP contribution in [0, 0.1) is 0 Å². The van der Waals surface area contributed by atoms with Gasteiger partial charge < -0.3 is 15.0 Å². The average molecular weight is 613 g/mol. The second-order valence-electron chi connectivity index (χ2n) is 8.43. The SMILES string of the molecule is CCOc1ccccc1N(CC(=O)N(Cc1ccc(Cl)c(Cl)c1)[C@H](C)C(=O)NC)S(=O)(=O)c1ccc(Cl)cc1. The van der Waals surface area contributed by atoms with Crippen LogP contribution in [0.2, 0.25) is 15.1 Å². The number of hydrogen-bond donors (Lipinski definition) is 1. The van der Waals surface area contributed by atoms with Crippen molar-refractivity contribution in [2.45, 2.75) is 31.3 Å². The number of amides is 2. The Kier molecular flexibility index (Phi) is 10.5. The van der Waals surface area contributed by atoms with Crippen LogP contribution in [0.1, 0.15) is 19.4 Å². The van der Waals surface area contributed by atoms with Gasteiger partial charge in [-0.1, -0.05) is 53.0 Å². The van der Waals surface area contributed by atoms with Gasteiger partial charge >= 0.3 is 0 Å². The molecule has 8 nitrogen and oxygen atoms in total. The normalized spacial score (nSPS) is 11.9. The Bertz CT molecular complexity index is 1430. The van der Waals surface area contributed by atoms with Crippen molar-refractivity contribution < 1.29 is 22.7 Å². The predicted octanol–water partition coefficient (Wildman–Crippen LogP) is 5.40. The highest BCUT2D eigenvalue weighted by Crippen LogP contribution is 2.33. The lowest BCUT2D eigenvalue weighted by molar-refractivity contribution is -0.139. The van der Waals surface area contributed by atoms with E-state index in [4.69, 9.17) is 39.5 Å². The van der Waals surface area contributed by atoms with Crippen LogP contribution in [0.15, 0.2) is 71.6 Å². The fraction of sp³-hybridized carbons (Fsp3) is 0.259. The molecule has 0 radical (unpaired) electrons. The molecule has 1 N–H and O–H groups in total. The highest BCUT2D eigenvalue weighted by Gasteiger charge is 2.33. The minimum Gasteiger partial charge on any atom is -0.492 e. The molecule has 39 heavy (non-hydrogen) atoms. The van der Waals surface area contributed by atoms with E-state index in [-0.39, 0.29) is 34.5 Å². The van der Waals surface area contributed by atoms with Gasteiger partial charge in [0.1, 0.15) is 18.3 Å². The van der Waals surface area contributed by atoms with Crippen LogP contribution < -0.4 is 14.4 Å². The summed E-state index contributed by atoms with van der Waals surface area (Å²) < 4.78 is 34.5. The number of benzene rings is 3. The molecule has 2 amide bonds. The van der Waals surface area contributed by atoms with Crippen molar-refractivity contribution >= 4 is 62.3 Å². The number of likely N-dealkylation sites (N-methyl/N-ethyl adjacent to an activating group) is 1. The van der Waals surface area contributed by atoms with E-state index < -0.39 is 34.4 Å². The third-order valence-electron chi connectivity index (χ3n) is 5.86. The summed E-state index contributed by atoms with van der Waals surface area (Å²) in [7, 11) is -2.81. The summed E-state index contributed by atoms with van der Waals surface area (Å²) in [6.45, 7) is 2.96. The first-order valence-corrected chi connectivity index (χ1v) is 14.5. The number of nitrogens with one attached hydrogen (secondary N) is 1. The van der Waals surface area contributed by atoms with Gasteiger partial charge in [-0.2, -0.15) is 0 Å². The van der Waals surface area contributed by atoms with Crippen molar-refractivity contribution in [3.8, 4) is 5.75 Å². The smallest absolute Gasteiger partial charge is 0.264 e. The molecule has 3 aromatic rings. The number of hydrogen-bond acceptors (Lipinski definition) is 5. The molecule has 3 aromatic carbocycles. The van der Waals surface area contributed by atoms with E-state index in [1.165, 1.54) is 36.2 Å². The molecule has 1 atom stereocenters. The maximum absolute atomic E-state index is 13.9. The van der Waals surface area contributed by atoms with Gasteiger partial charge in [-0.25, -0.2) is 8.42 Å². The molecular weight excluding hydrogens is 585 g/mol. The Hall–Kier alpha value is -2.98. The number of carbonyl (C=O) groups excluding carboxylic acids is 2. The van der Waals surface area contributed by atoms with Crippen LogP contribution >= 0.6 is 34.8 Å². The lowest BCUT2D eigenvalue weighted by Gasteiger charge is -2.32. The zero-order valence-electron chi connectivity index (χ0n) is 21.5. The lowest BCUT2D eigenvalue weighted by atomic mass is 10.1. The highest BCUT2D eigenvalue weighted by atomic mass is 35.5. The van der Waals surface area contributed by atoms with Crippen LogP contribution in [0.25, 0.3) is 0 Å². The van der Waals surface area contributed by atoms with Crippen LogP contribution in [0.4, 0.5) is 5.69 Å². The summed E-state index contributed by atoms with van der Waals surface area (Å²) in [5.41, 5.74) is 0.778. The molecule has 0 bridgehead atoms. The predicted molar refractivity (Wildman–Crippen MR) is 154 cm³/mol. The van der Waals surface area contributed by atoms with Gasteiger partial charge in [-0.15, -0.1) is 0 Å². The van der Waals surface area contributed by atoms with Crippen molar-refractivity contribution in [1.82, 2.24) is 10.2 Å². The van der Waals surface area contributed by atoms with Crippen LogP contribution in [0.3, 0.4) is 0 Å². The summed E-state index contributed by atoms with van der Waals surface area (Å²) in [4.78, 5) is 27.7. The Morgan fingerprint density at radius 2 is 1.64 bits per heavy atom. The molecule has 0 saturated carbocycles. The number of anilines is 1. The average Bonchev–Trinajstić information content (AvgIpc) is 2.92. The van der Waals surface area contributed by atoms with E-state index in [1.807, 2.05) is 0 Å². The van der Waals surface area contributed by atoms with Crippen LogP contribution in [-0.2, 0) is 26.2 Å². The summed E-state index contributed by atoms with van der Waals surface area (Å²) in [6.07, 6.45) is 0. The standard InChI is InChI=1S/C27H28Cl3N3O5S/c1-4-38-25-8-6-5-7-24(25)33(39(36,37)21-12-10-20(28)11-13-21)17-26(34)32(18(2)27(35)31-3)16-19-9-14-22(29)23(30)15-19/h5-15,18H,4,16-17H2,1-3H3,(H,31,35)/t18-/m1/s1. The molecule has 0 aliphatic carbocycles. The summed E-state index contributed by atoms with van der Waals surface area (Å²) in [5.74, 6) is -0.771. The van der Waals surface area contributed by atoms with E-state index in [0.717, 1.165) is 4.31 Å². The Morgan fingerprint density at radius 1 is 0.974 bits per heavy atom. The molecule has 0 aliphatic heterocycles. The molecule has 0 fully saturated rings. The van der Waals surface area contributed by atoms with E-state index in [2.05, 4.69) is 5.32 Å². The van der Waals surface area contributed by atoms with Gasteiger partial charge in [0.2, 0.25) is 11.8 Å². The van der Waals surface area contributed by atoms with Gasteiger partial charge in [-0.3, -0.25) is 13.9 Å². The maximum Gasteiger partial charge on any atom is 0.264 e. The minimum atomic E-state index is -4.27. The van der Waals surface area contributed by atoms with Gasteiger partial charge in [0.25, 0.3) is 10.0 Å². The lowest BCUT2D eigenvalue weighted by Crippen LogP contribution is -2.50. The molecule has 12 heteroatoms. The van der Waals surface area contributed by atoms with Crippen molar-refractivity contribution in [3.63, 3.8) is 0 Å². The van der Waals surface area contributed by atoms with Gasteiger partial charge in [-0.05, 0) is 67.9 Å². The fourth-order valence-electron chi connectivity index (χ4n) is 3.81. The number of ether oxygens (including phenoxy) is 1. The Labute approximate surface area is 243 Å². The number of para-hydroxylation sites is 2. The molecule has 0 aliphatic rings. The quantitative estimate of drug-likeness (QED) is 0.313. The summed E-state index contributed by atoms with van der Waals surface area (Å²) in [5, 5.41) is 3.52. The first kappa shape index (κ1) is 30.6. The molecule has 0 saturated heterocycles. The topological polar surface area (TPSA) is 96.0 Å². The van der Waals surface area contributed by atoms with Crippen molar-refractivity contribution in [1.29, 1.82) is 0 Å². The van der Waals surface area contributed by atoms with Crippen molar-refractivity contribution in [2.24, 2.45) is 0 Å².